The highest BCUT2D eigenvalue weighted by atomic mass is 32.2. The number of nitrogens with zero attached hydrogens (tertiary/aromatic N) is 2. The van der Waals surface area contributed by atoms with Crippen molar-refractivity contribution in [3.8, 4) is 22.5 Å². The van der Waals surface area contributed by atoms with Crippen molar-refractivity contribution in [1.82, 2.24) is 30.2 Å². The quantitative estimate of drug-likeness (QED) is 0.120. The first-order valence-electron chi connectivity index (χ1n) is 15.5. The van der Waals surface area contributed by atoms with Crippen LogP contribution < -0.4 is 15.4 Å². The van der Waals surface area contributed by atoms with Crippen LogP contribution in [-0.4, -0.2) is 41.4 Å². The fourth-order valence-corrected chi connectivity index (χ4v) is 6.85. The van der Waals surface area contributed by atoms with E-state index in [1.165, 1.54) is 37.8 Å². The van der Waals surface area contributed by atoms with Crippen LogP contribution in [0.3, 0.4) is 0 Å². The normalized spacial score (nSPS) is 15.1. The van der Waals surface area contributed by atoms with Gasteiger partial charge in [-0.2, -0.15) is 5.10 Å². The van der Waals surface area contributed by atoms with Gasteiger partial charge in [-0.25, -0.2) is 17.5 Å². The number of hydrogen-bond acceptors (Lipinski definition) is 6. The van der Waals surface area contributed by atoms with Gasteiger partial charge in [0.2, 0.25) is 10.0 Å². The summed E-state index contributed by atoms with van der Waals surface area (Å²) in [6.07, 6.45) is 15.8. The smallest absolute Gasteiger partial charge is 0.209 e. The number of sulfonamides is 1. The highest BCUT2D eigenvalue weighted by Gasteiger charge is 2.20. The van der Waals surface area contributed by atoms with E-state index >= 15 is 0 Å². The molecule has 2 aliphatic rings. The number of aromatic amines is 2. The monoisotopic (exact) mass is 637 g/mol. The molecule has 0 atom stereocenters. The van der Waals surface area contributed by atoms with E-state index in [1.807, 2.05) is 36.7 Å². The molecule has 1 fully saturated rings. The molecular formula is C35H36FN7O2S. The molecule has 9 nitrogen and oxygen atoms in total. The molecule has 0 unspecified atom stereocenters. The molecule has 0 saturated heterocycles. The van der Waals surface area contributed by atoms with E-state index in [9.17, 15) is 12.8 Å². The molecule has 0 spiro atoms. The summed E-state index contributed by atoms with van der Waals surface area (Å²) in [5.74, 6) is 1.08. The summed E-state index contributed by atoms with van der Waals surface area (Å²) in [6, 6.07) is 15.0. The Bertz CT molecular complexity index is 2070. The van der Waals surface area contributed by atoms with Crippen LogP contribution in [0.25, 0.3) is 39.0 Å². The first-order valence-corrected chi connectivity index (χ1v) is 17.4. The van der Waals surface area contributed by atoms with Crippen molar-refractivity contribution in [2.24, 2.45) is 5.92 Å². The lowest BCUT2D eigenvalue weighted by atomic mass is 9.96. The third kappa shape index (κ3) is 6.67. The van der Waals surface area contributed by atoms with Crippen LogP contribution in [0, 0.1) is 11.7 Å². The van der Waals surface area contributed by atoms with Crippen LogP contribution in [0.2, 0.25) is 0 Å². The topological polar surface area (TPSA) is 128 Å². The Labute approximate surface area is 267 Å². The van der Waals surface area contributed by atoms with Crippen LogP contribution in [0.1, 0.15) is 47.9 Å². The van der Waals surface area contributed by atoms with Crippen LogP contribution in [0.5, 0.6) is 0 Å². The zero-order chi connectivity index (χ0) is 31.7. The van der Waals surface area contributed by atoms with Crippen LogP contribution in [0.4, 0.5) is 10.2 Å². The number of rotatable bonds is 10. The maximum absolute atomic E-state index is 14.7. The molecule has 46 heavy (non-hydrogen) atoms. The Kier molecular flexibility index (Phi) is 8.29. The third-order valence-electron chi connectivity index (χ3n) is 8.68. The fraction of sp³-hybridized carbons (Fsp3) is 0.257. The molecule has 2 aromatic carbocycles. The van der Waals surface area contributed by atoms with E-state index < -0.39 is 15.8 Å². The molecule has 1 aliphatic carbocycles. The predicted octanol–water partition coefficient (Wildman–Crippen LogP) is 6.46. The lowest BCUT2D eigenvalue weighted by Crippen LogP contribution is -2.21. The van der Waals surface area contributed by atoms with Gasteiger partial charge in [-0.3, -0.25) is 10.1 Å². The van der Waals surface area contributed by atoms with Gasteiger partial charge in [-0.1, -0.05) is 25.0 Å². The van der Waals surface area contributed by atoms with Crippen LogP contribution in [-0.2, 0) is 23.1 Å². The van der Waals surface area contributed by atoms with Gasteiger partial charge in [-0.15, -0.1) is 0 Å². The second kappa shape index (κ2) is 12.7. The van der Waals surface area contributed by atoms with E-state index in [0.717, 1.165) is 81.2 Å². The van der Waals surface area contributed by atoms with Crippen molar-refractivity contribution in [2.45, 2.75) is 38.8 Å². The molecule has 7 rings (SSSR count). The number of pyridine rings is 1. The number of aromatic nitrogens is 4. The van der Waals surface area contributed by atoms with E-state index in [2.05, 4.69) is 53.7 Å². The minimum absolute atomic E-state index is 0.00674. The summed E-state index contributed by atoms with van der Waals surface area (Å²) in [7, 11) is -3.43. The average Bonchev–Trinajstić information content (AvgIpc) is 3.78. The molecule has 1 saturated carbocycles. The van der Waals surface area contributed by atoms with Gasteiger partial charge >= 0.3 is 0 Å². The largest absolute Gasteiger partial charge is 0.348 e. The molecule has 0 bridgehead atoms. The second-order valence-electron chi connectivity index (χ2n) is 12.2. The Hall–Kier alpha value is -4.58. The third-order valence-corrected chi connectivity index (χ3v) is 9.35. The van der Waals surface area contributed by atoms with Gasteiger partial charge < -0.3 is 15.6 Å². The van der Waals surface area contributed by atoms with Gasteiger partial charge in [0.1, 0.15) is 17.3 Å². The number of fused-ring (bicyclic) bond motifs is 2. The van der Waals surface area contributed by atoms with E-state index in [1.54, 1.807) is 12.3 Å². The van der Waals surface area contributed by atoms with Crippen molar-refractivity contribution in [3.63, 3.8) is 0 Å². The summed E-state index contributed by atoms with van der Waals surface area (Å²) in [5, 5.41) is 15.7. The first-order chi connectivity index (χ1) is 22.3. The van der Waals surface area contributed by atoms with E-state index in [-0.39, 0.29) is 6.54 Å². The lowest BCUT2D eigenvalue weighted by molar-refractivity contribution is 0.489. The summed E-state index contributed by atoms with van der Waals surface area (Å²) < 4.78 is 40.5. The number of H-pyrrole nitrogens is 2. The number of nitrogens with one attached hydrogen (secondary N) is 5. The molecule has 236 valence electrons. The molecule has 11 heteroatoms. The number of allylic oxidation sites excluding steroid dienone is 2. The molecule has 5 aromatic rings. The maximum Gasteiger partial charge on any atom is 0.209 e. The van der Waals surface area contributed by atoms with Crippen LogP contribution in [0.15, 0.2) is 79.3 Å². The average molecular weight is 638 g/mol. The van der Waals surface area contributed by atoms with E-state index in [0.29, 0.717) is 11.1 Å². The Morgan fingerprint density at radius 3 is 2.65 bits per heavy atom. The fourth-order valence-electron chi connectivity index (χ4n) is 6.42. The minimum Gasteiger partial charge on any atom is -0.348 e. The van der Waals surface area contributed by atoms with Gasteiger partial charge in [0.05, 0.1) is 17.5 Å². The number of hydrogen-bond donors (Lipinski definition) is 5. The van der Waals surface area contributed by atoms with Gasteiger partial charge in [0.25, 0.3) is 0 Å². The summed E-state index contributed by atoms with van der Waals surface area (Å²) in [5.41, 5.74) is 8.47. The summed E-state index contributed by atoms with van der Waals surface area (Å²) in [4.78, 5) is 8.00. The van der Waals surface area contributed by atoms with Gasteiger partial charge in [0, 0.05) is 48.2 Å². The lowest BCUT2D eigenvalue weighted by Gasteiger charge is -2.11. The van der Waals surface area contributed by atoms with Crippen molar-refractivity contribution in [1.29, 1.82) is 0 Å². The highest BCUT2D eigenvalue weighted by Crippen LogP contribution is 2.38. The molecule has 0 amide bonds. The number of anilines is 1. The number of benzene rings is 2. The molecule has 1 aliphatic heterocycles. The Balaban J connectivity index is 1.17. The first kappa shape index (κ1) is 30.1. The zero-order valence-corrected chi connectivity index (χ0v) is 26.3. The molecule has 3 aromatic heterocycles. The van der Waals surface area contributed by atoms with Crippen molar-refractivity contribution >= 4 is 32.3 Å². The molecule has 5 N–H and O–H groups in total. The maximum atomic E-state index is 14.7. The Morgan fingerprint density at radius 1 is 0.957 bits per heavy atom. The van der Waals surface area contributed by atoms with Crippen molar-refractivity contribution < 1.29 is 12.8 Å². The highest BCUT2D eigenvalue weighted by molar-refractivity contribution is 7.88. The van der Waals surface area contributed by atoms with Crippen LogP contribution >= 0.6 is 0 Å². The zero-order valence-electron chi connectivity index (χ0n) is 25.5. The number of halogens is 1. The second-order valence-corrected chi connectivity index (χ2v) is 14.0. The summed E-state index contributed by atoms with van der Waals surface area (Å²) in [6.45, 7) is 1.84. The molecular weight excluding hydrogens is 601 g/mol. The summed E-state index contributed by atoms with van der Waals surface area (Å²) >= 11 is 0. The molecule has 0 radical (unpaired) electrons. The van der Waals surface area contributed by atoms with Crippen molar-refractivity contribution in [2.75, 3.05) is 18.1 Å². The predicted molar refractivity (Wildman–Crippen MR) is 181 cm³/mol. The standard InChI is InChI=1S/C35H36FN7O2S/c1-46(44,45)40-20-23-11-26(14-28(36)13-23)29-7-4-10-39-35-30(29)16-33(41-35)34-31-15-25(8-9-32(31)42-43-34)27-12-24(19-38-21-27)18-37-17-22-5-2-3-6-22/h4,7-16,19,21-22,37,39-41H,2-3,5-6,17-18,20H2,1H3,(H,42,43). The van der Waals surface area contributed by atoms with Gasteiger partial charge in [-0.05, 0) is 102 Å². The van der Waals surface area contributed by atoms with Gasteiger partial charge in [0.15, 0.2) is 0 Å². The SMILES string of the molecule is CS(=O)(=O)NCc1cc(F)cc(C2=CC=CNc3[nH]c(-c4n[nH]c5ccc(-c6cncc(CNCC7CCCC7)c6)cc45)cc32)c1. The van der Waals surface area contributed by atoms with Crippen molar-refractivity contribution in [3.05, 3.63) is 107 Å². The Morgan fingerprint density at radius 2 is 1.80 bits per heavy atom. The van der Waals surface area contributed by atoms with E-state index in [4.69, 9.17) is 0 Å². The molecule has 4 heterocycles. The minimum atomic E-state index is -3.43.